The second-order valence-corrected chi connectivity index (χ2v) is 7.33. The molecule has 2 aromatic carbocycles. The monoisotopic (exact) mass is 354 g/mol. The van der Waals surface area contributed by atoms with Gasteiger partial charge in [0.1, 0.15) is 5.82 Å². The molecule has 26 heavy (non-hydrogen) atoms. The minimum atomic E-state index is -0.225. The lowest BCUT2D eigenvalue weighted by Gasteiger charge is -2.21. The SMILES string of the molecule is CC(CCc1cccc(F)c1)C(=O)N1C[C@@H](CN)[C@H](c2ccccc2)C1. The number of nitrogens with two attached hydrogens (primary N) is 1. The number of aryl methyl sites for hydroxylation is 1. The summed E-state index contributed by atoms with van der Waals surface area (Å²) in [6, 6.07) is 16.9. The molecule has 0 spiro atoms. The third kappa shape index (κ3) is 4.31. The summed E-state index contributed by atoms with van der Waals surface area (Å²) in [5.41, 5.74) is 8.17. The van der Waals surface area contributed by atoms with Gasteiger partial charge in [0.15, 0.2) is 0 Å². The van der Waals surface area contributed by atoms with Crippen molar-refractivity contribution in [3.05, 3.63) is 71.5 Å². The Hall–Kier alpha value is -2.20. The van der Waals surface area contributed by atoms with Gasteiger partial charge in [-0.25, -0.2) is 4.39 Å². The number of likely N-dealkylation sites (tertiary alicyclic amines) is 1. The predicted octanol–water partition coefficient (Wildman–Crippen LogP) is 3.60. The molecule has 0 bridgehead atoms. The van der Waals surface area contributed by atoms with E-state index < -0.39 is 0 Å². The molecule has 2 N–H and O–H groups in total. The first-order valence-corrected chi connectivity index (χ1v) is 9.36. The predicted molar refractivity (Wildman–Crippen MR) is 102 cm³/mol. The van der Waals surface area contributed by atoms with Crippen molar-refractivity contribution in [3.8, 4) is 0 Å². The molecule has 0 aromatic heterocycles. The largest absolute Gasteiger partial charge is 0.341 e. The van der Waals surface area contributed by atoms with Gasteiger partial charge >= 0.3 is 0 Å². The molecule has 4 heteroatoms. The molecule has 0 radical (unpaired) electrons. The molecule has 138 valence electrons. The van der Waals surface area contributed by atoms with Gasteiger partial charge in [0, 0.05) is 24.9 Å². The van der Waals surface area contributed by atoms with Gasteiger partial charge in [-0.15, -0.1) is 0 Å². The van der Waals surface area contributed by atoms with Gasteiger partial charge in [0.2, 0.25) is 5.91 Å². The maximum absolute atomic E-state index is 13.3. The maximum atomic E-state index is 13.3. The fraction of sp³-hybridized carbons (Fsp3) is 0.409. The van der Waals surface area contributed by atoms with Crippen molar-refractivity contribution in [3.63, 3.8) is 0 Å². The zero-order valence-electron chi connectivity index (χ0n) is 15.3. The summed E-state index contributed by atoms with van der Waals surface area (Å²) in [7, 11) is 0. The first-order chi connectivity index (χ1) is 12.6. The summed E-state index contributed by atoms with van der Waals surface area (Å²) in [6.45, 7) is 4.00. The van der Waals surface area contributed by atoms with E-state index in [1.54, 1.807) is 12.1 Å². The Morgan fingerprint density at radius 1 is 1.19 bits per heavy atom. The van der Waals surface area contributed by atoms with Gasteiger partial charge < -0.3 is 10.6 Å². The van der Waals surface area contributed by atoms with Crippen LogP contribution in [0.5, 0.6) is 0 Å². The second kappa shape index (κ2) is 8.45. The highest BCUT2D eigenvalue weighted by molar-refractivity contribution is 5.79. The number of hydrogen-bond acceptors (Lipinski definition) is 2. The van der Waals surface area contributed by atoms with E-state index >= 15 is 0 Å². The van der Waals surface area contributed by atoms with Crippen LogP contribution < -0.4 is 5.73 Å². The van der Waals surface area contributed by atoms with E-state index in [1.165, 1.54) is 11.6 Å². The Bertz CT molecular complexity index is 734. The first-order valence-electron chi connectivity index (χ1n) is 9.36. The number of halogens is 1. The molecule has 0 saturated carbocycles. The minimum absolute atomic E-state index is 0.0776. The summed E-state index contributed by atoms with van der Waals surface area (Å²) in [6.07, 6.45) is 1.43. The van der Waals surface area contributed by atoms with Crippen molar-refractivity contribution >= 4 is 5.91 Å². The van der Waals surface area contributed by atoms with Crippen molar-refractivity contribution in [2.75, 3.05) is 19.6 Å². The Labute approximate surface area is 155 Å². The van der Waals surface area contributed by atoms with E-state index in [-0.39, 0.29) is 17.6 Å². The van der Waals surface area contributed by atoms with E-state index in [0.717, 1.165) is 25.1 Å². The van der Waals surface area contributed by atoms with Crippen LogP contribution in [0.3, 0.4) is 0 Å². The van der Waals surface area contributed by atoms with Gasteiger partial charge in [-0.05, 0) is 48.6 Å². The number of hydrogen-bond donors (Lipinski definition) is 1. The zero-order valence-corrected chi connectivity index (χ0v) is 15.3. The topological polar surface area (TPSA) is 46.3 Å². The third-order valence-electron chi connectivity index (χ3n) is 5.46. The number of carbonyl (C=O) groups is 1. The molecule has 1 aliphatic rings. The zero-order chi connectivity index (χ0) is 18.5. The average Bonchev–Trinajstić information content (AvgIpc) is 3.10. The molecule has 3 rings (SSSR count). The number of benzene rings is 2. The van der Waals surface area contributed by atoms with Gasteiger partial charge in [-0.2, -0.15) is 0 Å². The lowest BCUT2D eigenvalue weighted by Crippen LogP contribution is -2.34. The molecule has 1 fully saturated rings. The summed E-state index contributed by atoms with van der Waals surface area (Å²) in [4.78, 5) is 14.8. The lowest BCUT2D eigenvalue weighted by molar-refractivity contribution is -0.134. The van der Waals surface area contributed by atoms with Crippen LogP contribution in [0.25, 0.3) is 0 Å². The summed E-state index contributed by atoms with van der Waals surface area (Å²) < 4.78 is 13.3. The molecule has 1 unspecified atom stereocenters. The van der Waals surface area contributed by atoms with Gasteiger partial charge in [-0.3, -0.25) is 4.79 Å². The maximum Gasteiger partial charge on any atom is 0.225 e. The molecule has 3 nitrogen and oxygen atoms in total. The normalized spacial score (nSPS) is 21.0. The van der Waals surface area contributed by atoms with Crippen LogP contribution in [-0.2, 0) is 11.2 Å². The summed E-state index contributed by atoms with van der Waals surface area (Å²) >= 11 is 0. The summed E-state index contributed by atoms with van der Waals surface area (Å²) in [5.74, 6) is 0.486. The Morgan fingerprint density at radius 2 is 1.96 bits per heavy atom. The lowest BCUT2D eigenvalue weighted by atomic mass is 9.89. The van der Waals surface area contributed by atoms with Gasteiger partial charge in [-0.1, -0.05) is 49.4 Å². The number of nitrogens with zero attached hydrogens (tertiary/aromatic N) is 1. The van der Waals surface area contributed by atoms with E-state index in [9.17, 15) is 9.18 Å². The standard InChI is InChI=1S/C22H27FN2O/c1-16(10-11-17-6-5-9-20(23)12-17)22(26)25-14-19(13-24)21(15-25)18-7-3-2-4-8-18/h2-9,12,16,19,21H,10-11,13-15,24H2,1H3/t16?,19-,21+/m1/s1. The van der Waals surface area contributed by atoms with Crippen LogP contribution in [0.15, 0.2) is 54.6 Å². The van der Waals surface area contributed by atoms with Crippen LogP contribution >= 0.6 is 0 Å². The molecular weight excluding hydrogens is 327 g/mol. The van der Waals surface area contributed by atoms with E-state index in [4.69, 9.17) is 5.73 Å². The molecule has 3 atom stereocenters. The highest BCUT2D eigenvalue weighted by Crippen LogP contribution is 2.33. The molecule has 1 heterocycles. The Balaban J connectivity index is 1.60. The van der Waals surface area contributed by atoms with Crippen molar-refractivity contribution in [1.82, 2.24) is 4.90 Å². The van der Waals surface area contributed by atoms with Crippen LogP contribution in [0.1, 0.15) is 30.4 Å². The highest BCUT2D eigenvalue weighted by Gasteiger charge is 2.36. The average molecular weight is 354 g/mol. The first kappa shape index (κ1) is 18.6. The highest BCUT2D eigenvalue weighted by atomic mass is 19.1. The van der Waals surface area contributed by atoms with Gasteiger partial charge in [0.25, 0.3) is 0 Å². The van der Waals surface area contributed by atoms with E-state index in [0.29, 0.717) is 24.8 Å². The van der Waals surface area contributed by atoms with E-state index in [1.807, 2.05) is 36.1 Å². The second-order valence-electron chi connectivity index (χ2n) is 7.33. The molecule has 1 saturated heterocycles. The molecule has 1 amide bonds. The fourth-order valence-electron chi connectivity index (χ4n) is 3.88. The Kier molecular flexibility index (Phi) is 6.04. The number of rotatable bonds is 6. The number of amides is 1. The van der Waals surface area contributed by atoms with Crippen molar-refractivity contribution in [2.45, 2.75) is 25.7 Å². The minimum Gasteiger partial charge on any atom is -0.341 e. The quantitative estimate of drug-likeness (QED) is 0.862. The van der Waals surface area contributed by atoms with Crippen molar-refractivity contribution in [2.24, 2.45) is 17.6 Å². The van der Waals surface area contributed by atoms with Crippen LogP contribution in [0.4, 0.5) is 4.39 Å². The van der Waals surface area contributed by atoms with Crippen LogP contribution in [0, 0.1) is 17.7 Å². The van der Waals surface area contributed by atoms with E-state index in [2.05, 4.69) is 12.1 Å². The molecule has 0 aliphatic carbocycles. The third-order valence-corrected chi connectivity index (χ3v) is 5.46. The van der Waals surface area contributed by atoms with Crippen LogP contribution in [0.2, 0.25) is 0 Å². The van der Waals surface area contributed by atoms with Crippen LogP contribution in [-0.4, -0.2) is 30.4 Å². The molecule has 2 aromatic rings. The fourth-order valence-corrected chi connectivity index (χ4v) is 3.88. The number of carbonyl (C=O) groups excluding carboxylic acids is 1. The molecular formula is C22H27FN2O. The van der Waals surface area contributed by atoms with Gasteiger partial charge in [0.05, 0.1) is 0 Å². The molecule has 1 aliphatic heterocycles. The summed E-state index contributed by atoms with van der Waals surface area (Å²) in [5, 5.41) is 0. The van der Waals surface area contributed by atoms with Crippen molar-refractivity contribution < 1.29 is 9.18 Å². The smallest absolute Gasteiger partial charge is 0.225 e. The Morgan fingerprint density at radius 3 is 2.65 bits per heavy atom. The van der Waals surface area contributed by atoms with Crippen molar-refractivity contribution in [1.29, 1.82) is 0 Å².